The Bertz CT molecular complexity index is 533. The summed E-state index contributed by atoms with van der Waals surface area (Å²) in [5.41, 5.74) is 2.23. The topological polar surface area (TPSA) is 55.1 Å². The summed E-state index contributed by atoms with van der Waals surface area (Å²) in [5.74, 6) is 0.214. The van der Waals surface area contributed by atoms with Crippen molar-refractivity contribution in [2.75, 3.05) is 5.32 Å². The second kappa shape index (κ2) is 4.39. The van der Waals surface area contributed by atoms with Crippen LogP contribution in [0.15, 0.2) is 19.8 Å². The van der Waals surface area contributed by atoms with Gasteiger partial charge in [-0.1, -0.05) is 5.16 Å². The molecule has 2 aromatic heterocycles. The van der Waals surface area contributed by atoms with Gasteiger partial charge in [0.25, 0.3) is 5.91 Å². The molecule has 0 aliphatic heterocycles. The summed E-state index contributed by atoms with van der Waals surface area (Å²) in [7, 11) is 0. The van der Waals surface area contributed by atoms with E-state index in [2.05, 4.69) is 26.4 Å². The van der Waals surface area contributed by atoms with Crippen LogP contribution in [0.1, 0.15) is 21.6 Å². The number of carbonyl (C=O) groups excluding carboxylic acids is 1. The van der Waals surface area contributed by atoms with Gasteiger partial charge in [0.1, 0.15) is 0 Å². The molecule has 2 rings (SSSR count). The number of carbonyl (C=O) groups is 1. The minimum absolute atomic E-state index is 0.193. The predicted molar refractivity (Wildman–Crippen MR) is 65.9 cm³/mol. The van der Waals surface area contributed by atoms with Crippen LogP contribution in [0.25, 0.3) is 0 Å². The lowest BCUT2D eigenvalue weighted by molar-refractivity contribution is 0.102. The van der Waals surface area contributed by atoms with Crippen LogP contribution in [0.2, 0.25) is 0 Å². The molecule has 2 aromatic rings. The van der Waals surface area contributed by atoms with Crippen molar-refractivity contribution in [3.63, 3.8) is 0 Å². The summed E-state index contributed by atoms with van der Waals surface area (Å²) < 4.78 is 5.92. The van der Waals surface area contributed by atoms with Crippen LogP contribution < -0.4 is 5.32 Å². The highest BCUT2D eigenvalue weighted by Gasteiger charge is 2.14. The van der Waals surface area contributed by atoms with Crippen LogP contribution >= 0.6 is 27.3 Å². The summed E-state index contributed by atoms with van der Waals surface area (Å²) in [4.78, 5) is 11.8. The Morgan fingerprint density at radius 3 is 2.81 bits per heavy atom. The van der Waals surface area contributed by atoms with Gasteiger partial charge in [-0.05, 0) is 35.8 Å². The number of anilines is 1. The molecule has 0 saturated heterocycles. The SMILES string of the molecule is Cc1noc(NC(=O)c2csc(Br)c2)c1C. The Morgan fingerprint density at radius 1 is 1.56 bits per heavy atom. The van der Waals surface area contributed by atoms with Crippen molar-refractivity contribution in [2.45, 2.75) is 13.8 Å². The Morgan fingerprint density at radius 2 is 2.31 bits per heavy atom. The van der Waals surface area contributed by atoms with Crippen molar-refractivity contribution in [3.8, 4) is 0 Å². The fourth-order valence-electron chi connectivity index (χ4n) is 1.14. The van der Waals surface area contributed by atoms with Crippen LogP contribution in [0.3, 0.4) is 0 Å². The van der Waals surface area contributed by atoms with E-state index in [-0.39, 0.29) is 5.91 Å². The van der Waals surface area contributed by atoms with Crippen molar-refractivity contribution < 1.29 is 9.32 Å². The van der Waals surface area contributed by atoms with Gasteiger partial charge in [-0.3, -0.25) is 10.1 Å². The van der Waals surface area contributed by atoms with E-state index in [1.807, 2.05) is 13.8 Å². The van der Waals surface area contributed by atoms with E-state index in [1.165, 1.54) is 11.3 Å². The molecule has 0 fully saturated rings. The number of halogens is 1. The second-order valence-corrected chi connectivity index (χ2v) is 5.61. The third kappa shape index (κ3) is 2.17. The number of hydrogen-bond donors (Lipinski definition) is 1. The molecule has 0 spiro atoms. The zero-order chi connectivity index (χ0) is 11.7. The summed E-state index contributed by atoms with van der Waals surface area (Å²) in [6.07, 6.45) is 0. The van der Waals surface area contributed by atoms with E-state index in [9.17, 15) is 4.79 Å². The van der Waals surface area contributed by atoms with E-state index >= 15 is 0 Å². The third-order valence-electron chi connectivity index (χ3n) is 2.21. The average molecular weight is 301 g/mol. The summed E-state index contributed by atoms with van der Waals surface area (Å²) in [6, 6.07) is 1.76. The lowest BCUT2D eigenvalue weighted by Crippen LogP contribution is -2.10. The summed E-state index contributed by atoms with van der Waals surface area (Å²) >= 11 is 4.77. The monoisotopic (exact) mass is 300 g/mol. The first-order chi connectivity index (χ1) is 7.58. The minimum atomic E-state index is -0.193. The van der Waals surface area contributed by atoms with Crippen molar-refractivity contribution in [1.82, 2.24) is 5.16 Å². The van der Waals surface area contributed by atoms with Gasteiger partial charge in [-0.15, -0.1) is 11.3 Å². The number of aromatic nitrogens is 1. The summed E-state index contributed by atoms with van der Waals surface area (Å²) in [6.45, 7) is 3.68. The zero-order valence-corrected chi connectivity index (χ0v) is 11.1. The van der Waals surface area contributed by atoms with Crippen LogP contribution in [0, 0.1) is 13.8 Å². The van der Waals surface area contributed by atoms with Crippen LogP contribution in [0.4, 0.5) is 5.88 Å². The van der Waals surface area contributed by atoms with Crippen LogP contribution in [-0.2, 0) is 0 Å². The molecule has 0 atom stereocenters. The van der Waals surface area contributed by atoms with Gasteiger partial charge in [-0.2, -0.15) is 0 Å². The molecule has 16 heavy (non-hydrogen) atoms. The molecule has 84 valence electrons. The van der Waals surface area contributed by atoms with Crippen LogP contribution in [-0.4, -0.2) is 11.1 Å². The maximum Gasteiger partial charge on any atom is 0.258 e. The molecule has 2 heterocycles. The number of nitrogens with one attached hydrogen (secondary N) is 1. The molecule has 0 aromatic carbocycles. The Balaban J connectivity index is 2.17. The Hall–Kier alpha value is -1.14. The average Bonchev–Trinajstić information content (AvgIpc) is 2.79. The number of amides is 1. The second-order valence-electron chi connectivity index (χ2n) is 3.32. The zero-order valence-electron chi connectivity index (χ0n) is 8.70. The fourth-order valence-corrected chi connectivity index (χ4v) is 2.27. The molecule has 0 bridgehead atoms. The normalized spacial score (nSPS) is 10.4. The fraction of sp³-hybridized carbons (Fsp3) is 0.200. The largest absolute Gasteiger partial charge is 0.338 e. The van der Waals surface area contributed by atoms with Gasteiger partial charge in [0.15, 0.2) is 0 Å². The standard InChI is InChI=1S/C10H9BrN2O2S/c1-5-6(2)13-15-10(5)12-9(14)7-3-8(11)16-4-7/h3-4H,1-2H3,(H,12,14). The van der Waals surface area contributed by atoms with Crippen LogP contribution in [0.5, 0.6) is 0 Å². The molecule has 0 radical (unpaired) electrons. The molecule has 0 aliphatic carbocycles. The van der Waals surface area contributed by atoms with Gasteiger partial charge in [0, 0.05) is 10.9 Å². The van der Waals surface area contributed by atoms with E-state index < -0.39 is 0 Å². The molecular weight excluding hydrogens is 292 g/mol. The highest BCUT2D eigenvalue weighted by molar-refractivity contribution is 9.11. The first-order valence-electron chi connectivity index (χ1n) is 4.56. The molecule has 1 N–H and O–H groups in total. The smallest absolute Gasteiger partial charge is 0.258 e. The van der Waals surface area contributed by atoms with Crippen molar-refractivity contribution in [2.24, 2.45) is 0 Å². The van der Waals surface area contributed by atoms with Gasteiger partial charge in [0.2, 0.25) is 5.88 Å². The molecule has 1 amide bonds. The molecular formula is C10H9BrN2O2S. The maximum atomic E-state index is 11.8. The van der Waals surface area contributed by atoms with E-state index in [4.69, 9.17) is 4.52 Å². The number of nitrogens with zero attached hydrogens (tertiary/aromatic N) is 1. The quantitative estimate of drug-likeness (QED) is 0.925. The van der Waals surface area contributed by atoms with Gasteiger partial charge in [0.05, 0.1) is 15.0 Å². The first kappa shape index (κ1) is 11.3. The molecule has 0 unspecified atom stereocenters. The van der Waals surface area contributed by atoms with E-state index in [1.54, 1.807) is 11.4 Å². The van der Waals surface area contributed by atoms with Crippen molar-refractivity contribution in [3.05, 3.63) is 32.1 Å². The highest BCUT2D eigenvalue weighted by Crippen LogP contribution is 2.23. The predicted octanol–water partition coefficient (Wildman–Crippen LogP) is 3.37. The number of rotatable bonds is 2. The third-order valence-corrected chi connectivity index (χ3v) is 3.72. The van der Waals surface area contributed by atoms with Gasteiger partial charge in [-0.25, -0.2) is 0 Å². The molecule has 0 saturated carbocycles. The highest BCUT2D eigenvalue weighted by atomic mass is 79.9. The summed E-state index contributed by atoms with van der Waals surface area (Å²) in [5, 5.41) is 8.23. The van der Waals surface area contributed by atoms with Crippen molar-refractivity contribution in [1.29, 1.82) is 0 Å². The first-order valence-corrected chi connectivity index (χ1v) is 6.23. The number of aryl methyl sites for hydroxylation is 1. The lowest BCUT2D eigenvalue weighted by atomic mass is 10.2. The minimum Gasteiger partial charge on any atom is -0.338 e. The lowest BCUT2D eigenvalue weighted by Gasteiger charge is -1.99. The number of hydrogen-bond acceptors (Lipinski definition) is 4. The van der Waals surface area contributed by atoms with Gasteiger partial charge >= 0.3 is 0 Å². The molecule has 6 heteroatoms. The molecule has 0 aliphatic rings. The van der Waals surface area contributed by atoms with Crippen molar-refractivity contribution >= 4 is 39.1 Å². The maximum absolute atomic E-state index is 11.8. The molecule has 4 nitrogen and oxygen atoms in total. The van der Waals surface area contributed by atoms with E-state index in [0.717, 1.165) is 15.0 Å². The Labute approximate surface area is 105 Å². The van der Waals surface area contributed by atoms with E-state index in [0.29, 0.717) is 11.4 Å². The van der Waals surface area contributed by atoms with Gasteiger partial charge < -0.3 is 4.52 Å². The number of thiophene rings is 1. The Kier molecular flexibility index (Phi) is 3.11.